The minimum Gasteiger partial charge on any atom is -0.487 e. The Kier molecular flexibility index (Phi) is 5.99. The summed E-state index contributed by atoms with van der Waals surface area (Å²) in [6.45, 7) is 3.74. The fraction of sp³-hybridized carbons (Fsp3) is 0.423. The van der Waals surface area contributed by atoms with Gasteiger partial charge in [-0.05, 0) is 55.1 Å². The number of fused-ring (bicyclic) bond motifs is 4. The van der Waals surface area contributed by atoms with E-state index < -0.39 is 0 Å². The molecule has 0 spiro atoms. The predicted octanol–water partition coefficient (Wildman–Crippen LogP) is 2.61. The predicted molar refractivity (Wildman–Crippen MR) is 127 cm³/mol. The van der Waals surface area contributed by atoms with Gasteiger partial charge in [0.1, 0.15) is 18.1 Å². The van der Waals surface area contributed by atoms with E-state index in [-0.39, 0.29) is 18.6 Å². The summed E-state index contributed by atoms with van der Waals surface area (Å²) in [5, 5.41) is 11.7. The van der Waals surface area contributed by atoms with Gasteiger partial charge in [-0.25, -0.2) is 0 Å². The summed E-state index contributed by atoms with van der Waals surface area (Å²) < 4.78 is 18.5. The van der Waals surface area contributed by atoms with E-state index in [1.165, 1.54) is 0 Å². The van der Waals surface area contributed by atoms with Crippen molar-refractivity contribution in [3.63, 3.8) is 0 Å². The van der Waals surface area contributed by atoms with Crippen molar-refractivity contribution in [2.24, 2.45) is 11.8 Å². The van der Waals surface area contributed by atoms with Gasteiger partial charge in [-0.15, -0.1) is 5.10 Å². The molecule has 1 aromatic heterocycles. The highest BCUT2D eigenvalue weighted by Gasteiger charge is 2.43. The van der Waals surface area contributed by atoms with Crippen LogP contribution in [0.1, 0.15) is 24.1 Å². The maximum atomic E-state index is 13.0. The molecule has 4 aliphatic heterocycles. The number of amides is 1. The van der Waals surface area contributed by atoms with Crippen molar-refractivity contribution in [3.8, 4) is 17.2 Å². The third-order valence-electron chi connectivity index (χ3n) is 7.23. The van der Waals surface area contributed by atoms with Crippen LogP contribution < -0.4 is 19.5 Å². The minimum atomic E-state index is 0.0274. The van der Waals surface area contributed by atoms with Crippen LogP contribution in [0.5, 0.6) is 17.2 Å². The molecule has 0 saturated carbocycles. The summed E-state index contributed by atoms with van der Waals surface area (Å²) >= 11 is 0. The van der Waals surface area contributed by atoms with E-state index in [2.05, 4.69) is 20.5 Å². The second-order valence-corrected chi connectivity index (χ2v) is 9.48. The van der Waals surface area contributed by atoms with Crippen molar-refractivity contribution in [3.05, 3.63) is 66.0 Å². The average Bonchev–Trinajstić information content (AvgIpc) is 3.56. The Morgan fingerprint density at radius 1 is 1.14 bits per heavy atom. The van der Waals surface area contributed by atoms with Gasteiger partial charge in [0.15, 0.2) is 11.5 Å². The molecular weight excluding hydrogens is 446 g/mol. The molecular formula is C26H29N5O4. The number of piperidine rings is 3. The molecule has 5 heterocycles. The SMILES string of the molecule is O=C(NCc1ccc2c(c1)OCO2)[C@H]1CN2CC[C@@H]1C[C@@H]2Cn1cc(COc2ccccc2)nn1. The number of hydrogen-bond acceptors (Lipinski definition) is 7. The third-order valence-corrected chi connectivity index (χ3v) is 7.23. The highest BCUT2D eigenvalue weighted by Crippen LogP contribution is 2.37. The first kappa shape index (κ1) is 21.9. The molecule has 4 atom stereocenters. The highest BCUT2D eigenvalue weighted by molar-refractivity contribution is 5.79. The lowest BCUT2D eigenvalue weighted by molar-refractivity contribution is -0.133. The summed E-state index contributed by atoms with van der Waals surface area (Å²) in [5.74, 6) is 2.88. The van der Waals surface area contributed by atoms with Crippen molar-refractivity contribution in [2.45, 2.75) is 38.6 Å². The lowest BCUT2D eigenvalue weighted by Gasteiger charge is -2.49. The van der Waals surface area contributed by atoms with Gasteiger partial charge >= 0.3 is 0 Å². The molecule has 3 fully saturated rings. The fourth-order valence-corrected chi connectivity index (χ4v) is 5.38. The Hall–Kier alpha value is -3.59. The monoisotopic (exact) mass is 475 g/mol. The van der Waals surface area contributed by atoms with E-state index >= 15 is 0 Å². The van der Waals surface area contributed by atoms with Crippen LogP contribution in [0.25, 0.3) is 0 Å². The van der Waals surface area contributed by atoms with Crippen LogP contribution in [-0.4, -0.2) is 51.7 Å². The van der Waals surface area contributed by atoms with Crippen molar-refractivity contribution in [2.75, 3.05) is 19.9 Å². The number of carbonyl (C=O) groups excluding carboxylic acids is 1. The van der Waals surface area contributed by atoms with Gasteiger partial charge in [-0.2, -0.15) is 0 Å². The third kappa shape index (κ3) is 4.81. The van der Waals surface area contributed by atoms with Crippen LogP contribution in [0, 0.1) is 11.8 Å². The molecule has 182 valence electrons. The Morgan fingerprint density at radius 3 is 2.89 bits per heavy atom. The molecule has 2 aromatic carbocycles. The van der Waals surface area contributed by atoms with Crippen LogP contribution in [0.3, 0.4) is 0 Å². The molecule has 1 amide bonds. The number of nitrogens with zero attached hydrogens (tertiary/aromatic N) is 4. The molecule has 2 bridgehead atoms. The smallest absolute Gasteiger partial charge is 0.231 e. The first-order valence-corrected chi connectivity index (χ1v) is 12.2. The molecule has 35 heavy (non-hydrogen) atoms. The van der Waals surface area contributed by atoms with Crippen molar-refractivity contribution >= 4 is 5.91 Å². The van der Waals surface area contributed by atoms with Gasteiger partial charge in [-0.3, -0.25) is 14.4 Å². The zero-order valence-corrected chi connectivity index (χ0v) is 19.5. The van der Waals surface area contributed by atoms with Gasteiger partial charge in [0.2, 0.25) is 12.7 Å². The summed E-state index contributed by atoms with van der Waals surface area (Å²) in [4.78, 5) is 15.5. The molecule has 7 rings (SSSR count). The standard InChI is InChI=1S/C26H29N5O4/c32-26(27-12-18-6-7-24-25(10-18)35-17-34-24)23-15-30-9-8-19(23)11-21(30)14-31-13-20(28-29-31)16-33-22-4-2-1-3-5-22/h1-7,10,13,19,21,23H,8-9,11-12,14-17H2,(H,27,32)/t19-,21-,23+/m1/s1. The fourth-order valence-electron chi connectivity index (χ4n) is 5.38. The number of hydrogen-bond donors (Lipinski definition) is 1. The van der Waals surface area contributed by atoms with Gasteiger partial charge < -0.3 is 19.5 Å². The van der Waals surface area contributed by atoms with Gasteiger partial charge in [-0.1, -0.05) is 29.5 Å². The first-order valence-electron chi connectivity index (χ1n) is 12.2. The summed E-state index contributed by atoms with van der Waals surface area (Å²) in [5.41, 5.74) is 1.82. The van der Waals surface area contributed by atoms with Crippen LogP contribution >= 0.6 is 0 Å². The molecule has 0 aliphatic carbocycles. The number of carbonyl (C=O) groups is 1. The number of aromatic nitrogens is 3. The first-order chi connectivity index (χ1) is 17.2. The number of nitrogens with one attached hydrogen (secondary N) is 1. The molecule has 1 unspecified atom stereocenters. The van der Waals surface area contributed by atoms with Gasteiger partial charge in [0.05, 0.1) is 18.7 Å². The number of ether oxygens (including phenoxy) is 3. The minimum absolute atomic E-state index is 0.0274. The topological polar surface area (TPSA) is 90.7 Å². The van der Waals surface area contributed by atoms with Gasteiger partial charge in [0.25, 0.3) is 0 Å². The molecule has 3 aromatic rings. The maximum absolute atomic E-state index is 13.0. The Bertz CT molecular complexity index is 1180. The number of rotatable bonds is 8. The molecule has 9 heteroatoms. The zero-order valence-electron chi connectivity index (χ0n) is 19.5. The number of benzene rings is 2. The summed E-state index contributed by atoms with van der Waals surface area (Å²) in [6.07, 6.45) is 4.02. The lowest BCUT2D eigenvalue weighted by atomic mass is 9.75. The van der Waals surface area contributed by atoms with E-state index in [0.29, 0.717) is 25.1 Å². The second kappa shape index (κ2) is 9.58. The van der Waals surface area contributed by atoms with Crippen molar-refractivity contribution in [1.29, 1.82) is 0 Å². The molecule has 1 N–H and O–H groups in total. The average molecular weight is 476 g/mol. The van der Waals surface area contributed by atoms with Crippen LogP contribution in [-0.2, 0) is 24.5 Å². The second-order valence-electron chi connectivity index (χ2n) is 9.48. The normalized spacial score (nSPS) is 24.3. The van der Waals surface area contributed by atoms with E-state index in [9.17, 15) is 4.79 Å². The van der Waals surface area contributed by atoms with Crippen molar-refractivity contribution in [1.82, 2.24) is 25.2 Å². The molecule has 0 radical (unpaired) electrons. The van der Waals surface area contributed by atoms with Gasteiger partial charge in [0, 0.05) is 19.1 Å². The van der Waals surface area contributed by atoms with Crippen LogP contribution in [0.2, 0.25) is 0 Å². The van der Waals surface area contributed by atoms with Crippen LogP contribution in [0.15, 0.2) is 54.7 Å². The Balaban J connectivity index is 1.00. The van der Waals surface area contributed by atoms with E-state index in [4.69, 9.17) is 14.2 Å². The summed E-state index contributed by atoms with van der Waals surface area (Å²) in [7, 11) is 0. The highest BCUT2D eigenvalue weighted by atomic mass is 16.7. The van der Waals surface area contributed by atoms with Crippen molar-refractivity contribution < 1.29 is 19.0 Å². The largest absolute Gasteiger partial charge is 0.487 e. The summed E-state index contributed by atoms with van der Waals surface area (Å²) in [6, 6.07) is 15.9. The molecule has 3 saturated heterocycles. The Labute approximate surface area is 204 Å². The molecule has 4 aliphatic rings. The maximum Gasteiger partial charge on any atom is 0.231 e. The number of para-hydroxylation sites is 1. The van der Waals surface area contributed by atoms with Crippen LogP contribution in [0.4, 0.5) is 0 Å². The zero-order chi connectivity index (χ0) is 23.6. The lowest BCUT2D eigenvalue weighted by Crippen LogP contribution is -2.58. The quantitative estimate of drug-likeness (QED) is 0.536. The van der Waals surface area contributed by atoms with E-state index in [1.807, 2.05) is 59.4 Å². The molecule has 9 nitrogen and oxygen atoms in total. The van der Waals surface area contributed by atoms with E-state index in [1.54, 1.807) is 0 Å². The van der Waals surface area contributed by atoms with E-state index in [0.717, 1.165) is 61.0 Å². The Morgan fingerprint density at radius 2 is 2.03 bits per heavy atom.